The number of amides is 1. The Balaban J connectivity index is 1.42. The molecule has 4 heteroatoms. The minimum atomic E-state index is 0.0558. The first-order valence-corrected chi connectivity index (χ1v) is 12.1. The van der Waals surface area contributed by atoms with E-state index in [-0.39, 0.29) is 28.7 Å². The van der Waals surface area contributed by atoms with E-state index in [2.05, 4.69) is 42.3 Å². The zero-order valence-electron chi connectivity index (χ0n) is 19.4. The van der Waals surface area contributed by atoms with Gasteiger partial charge in [0.15, 0.2) is 5.78 Å². The van der Waals surface area contributed by atoms with Gasteiger partial charge in [-0.1, -0.05) is 32.1 Å². The lowest BCUT2D eigenvalue weighted by Gasteiger charge is -2.58. The second kappa shape index (κ2) is 7.21. The maximum absolute atomic E-state index is 13.7. The molecule has 1 heterocycles. The van der Waals surface area contributed by atoms with E-state index >= 15 is 0 Å². The normalized spacial score (nSPS) is 41.0. The van der Waals surface area contributed by atoms with Crippen molar-refractivity contribution in [1.29, 1.82) is 0 Å². The van der Waals surface area contributed by atoms with Crippen LogP contribution in [0.3, 0.4) is 0 Å². The predicted molar refractivity (Wildman–Crippen MR) is 124 cm³/mol. The molecule has 31 heavy (non-hydrogen) atoms. The average molecular weight is 421 g/mol. The highest BCUT2D eigenvalue weighted by Crippen LogP contribution is 2.65. The second-order valence-corrected chi connectivity index (χ2v) is 11.2. The number of Topliss-reactive ketones (excluding diaryl/α,β-unsaturated/α-hetero) is 1. The maximum Gasteiger partial charge on any atom is 0.243 e. The lowest BCUT2D eigenvalue weighted by Crippen LogP contribution is -2.59. The third kappa shape index (κ3) is 3.08. The van der Waals surface area contributed by atoms with Crippen LogP contribution in [0.4, 0.5) is 5.69 Å². The van der Waals surface area contributed by atoms with Gasteiger partial charge in [0, 0.05) is 42.7 Å². The molecule has 1 amide bonds. The first kappa shape index (κ1) is 20.8. The fourth-order valence-corrected chi connectivity index (χ4v) is 7.90. The van der Waals surface area contributed by atoms with Crippen LogP contribution >= 0.6 is 0 Å². The van der Waals surface area contributed by atoms with Crippen LogP contribution in [0.15, 0.2) is 36.4 Å². The molecule has 1 N–H and O–H groups in total. The standard InChI is InChI=1S/C27H36N2O2/c1-26-14-12-21-19(8-11-23-27(21,2)15-13-24(30)28-23)20(26)9-10-22(26)25(31)17-6-5-7-18(16-17)29(3)4/h5-7,13,15-16,19-23H,8-12,14H2,1-4H3,(H,28,30)/t19-,20-,21-,22+,23+,26-,27+/m0/s1. The third-order valence-corrected chi connectivity index (χ3v) is 9.65. The lowest BCUT2D eigenvalue weighted by atomic mass is 9.47. The molecule has 3 saturated carbocycles. The number of anilines is 1. The summed E-state index contributed by atoms with van der Waals surface area (Å²) in [6, 6.07) is 8.41. The highest BCUT2D eigenvalue weighted by atomic mass is 16.1. The molecule has 0 aromatic heterocycles. The fourth-order valence-electron chi connectivity index (χ4n) is 7.90. The molecule has 5 rings (SSSR count). The number of nitrogens with one attached hydrogen (secondary N) is 1. The van der Waals surface area contributed by atoms with Crippen LogP contribution in [0, 0.1) is 34.5 Å². The first-order valence-electron chi connectivity index (χ1n) is 12.1. The highest BCUT2D eigenvalue weighted by Gasteiger charge is 2.60. The van der Waals surface area contributed by atoms with Crippen molar-refractivity contribution < 1.29 is 9.59 Å². The number of benzene rings is 1. The van der Waals surface area contributed by atoms with Gasteiger partial charge in [0.25, 0.3) is 0 Å². The quantitative estimate of drug-likeness (QED) is 0.711. The summed E-state index contributed by atoms with van der Waals surface area (Å²) in [5.74, 6) is 2.41. The molecule has 0 bridgehead atoms. The van der Waals surface area contributed by atoms with Crippen molar-refractivity contribution >= 4 is 17.4 Å². The summed E-state index contributed by atoms with van der Waals surface area (Å²) >= 11 is 0. The summed E-state index contributed by atoms with van der Waals surface area (Å²) in [5, 5.41) is 3.24. The lowest BCUT2D eigenvalue weighted by molar-refractivity contribution is -0.122. The molecule has 166 valence electrons. The molecule has 0 saturated heterocycles. The molecular formula is C27H36N2O2. The van der Waals surface area contributed by atoms with Gasteiger partial charge < -0.3 is 10.2 Å². The zero-order valence-corrected chi connectivity index (χ0v) is 19.4. The van der Waals surface area contributed by atoms with E-state index in [9.17, 15) is 9.59 Å². The van der Waals surface area contributed by atoms with Crippen molar-refractivity contribution in [2.75, 3.05) is 19.0 Å². The number of ketones is 1. The Kier molecular flexibility index (Phi) is 4.84. The Bertz CT molecular complexity index is 937. The molecule has 1 aromatic carbocycles. The van der Waals surface area contributed by atoms with Crippen LogP contribution in [0.2, 0.25) is 0 Å². The molecule has 4 aliphatic rings. The Morgan fingerprint density at radius 3 is 2.65 bits per heavy atom. The Morgan fingerprint density at radius 2 is 1.87 bits per heavy atom. The van der Waals surface area contributed by atoms with Crippen LogP contribution in [-0.4, -0.2) is 31.8 Å². The molecule has 1 aliphatic heterocycles. The van der Waals surface area contributed by atoms with Gasteiger partial charge in [-0.25, -0.2) is 0 Å². The van der Waals surface area contributed by atoms with E-state index in [1.54, 1.807) is 6.08 Å². The SMILES string of the molecule is CN(C)c1cccc(C(=O)[C@H]2CC[C@H]3[C@@H]4CC[C@H]5NC(=O)C=C[C@]5(C)[C@H]4CC[C@]23C)c1. The van der Waals surface area contributed by atoms with E-state index in [0.29, 0.717) is 23.5 Å². The summed E-state index contributed by atoms with van der Waals surface area (Å²) in [6.07, 6.45) is 10.7. The molecule has 4 nitrogen and oxygen atoms in total. The van der Waals surface area contributed by atoms with E-state index in [4.69, 9.17) is 0 Å². The van der Waals surface area contributed by atoms with Gasteiger partial charge in [0.2, 0.25) is 5.91 Å². The number of carbonyl (C=O) groups is 2. The Labute approximate surface area is 186 Å². The molecule has 7 atom stereocenters. The van der Waals surface area contributed by atoms with Gasteiger partial charge in [-0.15, -0.1) is 0 Å². The third-order valence-electron chi connectivity index (χ3n) is 9.65. The molecule has 3 aliphatic carbocycles. The smallest absolute Gasteiger partial charge is 0.243 e. The minimum absolute atomic E-state index is 0.0558. The number of hydrogen-bond acceptors (Lipinski definition) is 3. The first-order chi connectivity index (χ1) is 14.7. The Hall–Kier alpha value is -2.10. The predicted octanol–water partition coefficient (Wildman–Crippen LogP) is 4.85. The zero-order chi connectivity index (χ0) is 22.0. The van der Waals surface area contributed by atoms with E-state index in [1.165, 1.54) is 6.42 Å². The number of nitrogens with zero attached hydrogens (tertiary/aromatic N) is 1. The van der Waals surface area contributed by atoms with Crippen molar-refractivity contribution in [2.45, 2.75) is 58.4 Å². The van der Waals surface area contributed by atoms with Crippen molar-refractivity contribution in [3.8, 4) is 0 Å². The minimum Gasteiger partial charge on any atom is -0.378 e. The van der Waals surface area contributed by atoms with Crippen LogP contribution in [0.5, 0.6) is 0 Å². The molecule has 3 fully saturated rings. The topological polar surface area (TPSA) is 49.4 Å². The van der Waals surface area contributed by atoms with Crippen molar-refractivity contribution in [2.24, 2.45) is 34.5 Å². The van der Waals surface area contributed by atoms with Gasteiger partial charge in [-0.05, 0) is 79.9 Å². The van der Waals surface area contributed by atoms with Gasteiger partial charge in [0.1, 0.15) is 0 Å². The van der Waals surface area contributed by atoms with Crippen molar-refractivity contribution in [3.05, 3.63) is 42.0 Å². The van der Waals surface area contributed by atoms with Crippen molar-refractivity contribution in [3.63, 3.8) is 0 Å². The summed E-state index contributed by atoms with van der Waals surface area (Å²) < 4.78 is 0. The van der Waals surface area contributed by atoms with E-state index < -0.39 is 0 Å². The fraction of sp³-hybridized carbons (Fsp3) is 0.630. The van der Waals surface area contributed by atoms with Gasteiger partial charge in [-0.3, -0.25) is 9.59 Å². The number of fused-ring (bicyclic) bond motifs is 5. The molecule has 1 aromatic rings. The van der Waals surface area contributed by atoms with Gasteiger partial charge in [0.05, 0.1) is 0 Å². The highest BCUT2D eigenvalue weighted by molar-refractivity contribution is 5.99. The molecule has 0 unspecified atom stereocenters. The number of carbonyl (C=O) groups excluding carboxylic acids is 2. The van der Waals surface area contributed by atoms with Crippen LogP contribution in [0.1, 0.15) is 62.7 Å². The molecule has 0 radical (unpaired) electrons. The average Bonchev–Trinajstić information content (AvgIpc) is 3.11. The van der Waals surface area contributed by atoms with Crippen LogP contribution < -0.4 is 10.2 Å². The van der Waals surface area contributed by atoms with Gasteiger partial charge >= 0.3 is 0 Å². The largest absolute Gasteiger partial charge is 0.378 e. The summed E-state index contributed by atoms with van der Waals surface area (Å²) in [5.41, 5.74) is 2.11. The molecular weight excluding hydrogens is 384 g/mol. The van der Waals surface area contributed by atoms with Crippen LogP contribution in [-0.2, 0) is 4.79 Å². The number of rotatable bonds is 3. The second-order valence-electron chi connectivity index (χ2n) is 11.2. The maximum atomic E-state index is 13.7. The van der Waals surface area contributed by atoms with Crippen LogP contribution in [0.25, 0.3) is 0 Å². The summed E-state index contributed by atoms with van der Waals surface area (Å²) in [4.78, 5) is 27.7. The molecule has 0 spiro atoms. The monoisotopic (exact) mass is 420 g/mol. The van der Waals surface area contributed by atoms with Crippen molar-refractivity contribution in [1.82, 2.24) is 5.32 Å². The Morgan fingerprint density at radius 1 is 1.06 bits per heavy atom. The van der Waals surface area contributed by atoms with E-state index in [0.717, 1.165) is 43.4 Å². The number of hydrogen-bond donors (Lipinski definition) is 1. The van der Waals surface area contributed by atoms with E-state index in [1.807, 2.05) is 26.2 Å². The summed E-state index contributed by atoms with van der Waals surface area (Å²) in [7, 11) is 4.05. The van der Waals surface area contributed by atoms with Gasteiger partial charge in [-0.2, -0.15) is 0 Å². The summed E-state index contributed by atoms with van der Waals surface area (Å²) in [6.45, 7) is 4.77.